The van der Waals surface area contributed by atoms with Crippen molar-refractivity contribution in [2.45, 2.75) is 33.1 Å². The first-order valence-electron chi connectivity index (χ1n) is 14.0. The summed E-state index contributed by atoms with van der Waals surface area (Å²) in [7, 11) is 1.65. The van der Waals surface area contributed by atoms with E-state index in [0.29, 0.717) is 16.7 Å². The summed E-state index contributed by atoms with van der Waals surface area (Å²) in [6, 6.07) is 18.3. The van der Waals surface area contributed by atoms with Gasteiger partial charge < -0.3 is 19.7 Å². The van der Waals surface area contributed by atoms with Gasteiger partial charge in [0.15, 0.2) is 11.0 Å². The predicted octanol–water partition coefficient (Wildman–Crippen LogP) is 7.64. The highest BCUT2D eigenvalue weighted by Crippen LogP contribution is 2.35. The highest BCUT2D eigenvalue weighted by atomic mass is 32.2. The van der Waals surface area contributed by atoms with Crippen molar-refractivity contribution >= 4 is 34.2 Å². The number of thioether (sulfide) groups is 1. The summed E-state index contributed by atoms with van der Waals surface area (Å²) in [5.74, 6) is 2.01. The maximum Gasteiger partial charge on any atom is 0.573 e. The highest BCUT2D eigenvalue weighted by molar-refractivity contribution is 8.14. The van der Waals surface area contributed by atoms with Crippen molar-refractivity contribution in [2.24, 2.45) is 4.99 Å². The van der Waals surface area contributed by atoms with Crippen molar-refractivity contribution in [3.8, 4) is 28.6 Å². The number of nitrogens with one attached hydrogen (secondary N) is 1. The summed E-state index contributed by atoms with van der Waals surface area (Å²) in [6.45, 7) is 6.87. The molecule has 4 aromatic rings. The second kappa shape index (κ2) is 13.5. The van der Waals surface area contributed by atoms with E-state index in [4.69, 9.17) is 4.74 Å². The molecule has 0 saturated carbocycles. The van der Waals surface area contributed by atoms with Crippen LogP contribution in [0.4, 0.5) is 23.7 Å². The number of urea groups is 1. The van der Waals surface area contributed by atoms with Crippen LogP contribution in [0.2, 0.25) is 0 Å². The van der Waals surface area contributed by atoms with Crippen LogP contribution in [0.15, 0.2) is 84.2 Å². The van der Waals surface area contributed by atoms with Gasteiger partial charge in [0.2, 0.25) is 0 Å². The van der Waals surface area contributed by atoms with Gasteiger partial charge in [0.1, 0.15) is 17.8 Å². The molecule has 0 spiro atoms. The molecule has 1 aliphatic heterocycles. The molecule has 45 heavy (non-hydrogen) atoms. The van der Waals surface area contributed by atoms with Crippen LogP contribution in [-0.4, -0.2) is 51.7 Å². The van der Waals surface area contributed by atoms with Crippen molar-refractivity contribution in [3.63, 3.8) is 0 Å². The standard InChI is InChI=1S/C32H31F3N6O3S/c1-20(2)27-17-26(43-4)13-14-28(27)40-15-16-45-31(40)38-30(42)36-18-21(3)22-5-7-23(8-6-22)29-37-19-41(39-29)24-9-11-25(12-10-24)44-32(33,34)35/h5-14,17-20H,15-16H2,1-4H3,(H,36,42)/b21-18+,38-31?. The van der Waals surface area contributed by atoms with Crippen molar-refractivity contribution in [3.05, 3.63) is 90.4 Å². The van der Waals surface area contributed by atoms with E-state index in [2.05, 4.69) is 43.9 Å². The van der Waals surface area contributed by atoms with Crippen molar-refractivity contribution in [1.29, 1.82) is 0 Å². The summed E-state index contributed by atoms with van der Waals surface area (Å²) < 4.78 is 48.0. The summed E-state index contributed by atoms with van der Waals surface area (Å²) >= 11 is 1.54. The Morgan fingerprint density at radius 2 is 1.78 bits per heavy atom. The number of amides is 2. The predicted molar refractivity (Wildman–Crippen MR) is 170 cm³/mol. The van der Waals surface area contributed by atoms with E-state index >= 15 is 0 Å². The molecule has 9 nitrogen and oxygen atoms in total. The number of nitrogens with zero attached hydrogens (tertiary/aromatic N) is 5. The number of aromatic nitrogens is 3. The number of halogens is 3. The molecule has 2 heterocycles. The number of benzene rings is 3. The summed E-state index contributed by atoms with van der Waals surface area (Å²) in [6.07, 6.45) is -1.65. The molecule has 0 unspecified atom stereocenters. The maximum absolute atomic E-state index is 12.8. The fraction of sp³-hybridized carbons (Fsp3) is 0.250. The SMILES string of the molecule is COc1ccc(N2CCSC2=NC(=O)N/C=C(\C)c2ccc(-c3ncn(-c4ccc(OC(F)(F)F)cc4)n3)cc2)c(C(C)C)c1. The maximum atomic E-state index is 12.8. The number of allylic oxidation sites excluding steroid dienone is 1. The van der Waals surface area contributed by atoms with Crippen LogP contribution >= 0.6 is 11.8 Å². The average molecular weight is 637 g/mol. The number of ether oxygens (including phenoxy) is 2. The van der Waals surface area contributed by atoms with Gasteiger partial charge in [-0.05, 0) is 72.0 Å². The highest BCUT2D eigenvalue weighted by Gasteiger charge is 2.31. The van der Waals surface area contributed by atoms with E-state index in [-0.39, 0.29) is 11.7 Å². The minimum atomic E-state index is -4.76. The first-order valence-corrected chi connectivity index (χ1v) is 15.0. The zero-order valence-corrected chi connectivity index (χ0v) is 25.8. The van der Waals surface area contributed by atoms with Gasteiger partial charge in [0, 0.05) is 29.7 Å². The van der Waals surface area contributed by atoms with E-state index in [1.54, 1.807) is 13.3 Å². The van der Waals surface area contributed by atoms with Crippen LogP contribution in [0, 0.1) is 0 Å². The molecule has 2 amide bonds. The number of alkyl halides is 3. The third kappa shape index (κ3) is 7.85. The van der Waals surface area contributed by atoms with Crippen molar-refractivity contribution in [1.82, 2.24) is 20.1 Å². The zero-order valence-electron chi connectivity index (χ0n) is 25.0. The largest absolute Gasteiger partial charge is 0.573 e. The molecular weight excluding hydrogens is 605 g/mol. The number of carbonyl (C=O) groups is 1. The van der Waals surface area contributed by atoms with E-state index < -0.39 is 12.4 Å². The minimum absolute atomic E-state index is 0.266. The van der Waals surface area contributed by atoms with Crippen LogP contribution in [0.3, 0.4) is 0 Å². The Kier molecular flexibility index (Phi) is 9.47. The lowest BCUT2D eigenvalue weighted by Gasteiger charge is -2.23. The van der Waals surface area contributed by atoms with Crippen LogP contribution in [0.25, 0.3) is 22.6 Å². The van der Waals surface area contributed by atoms with Crippen LogP contribution in [0.5, 0.6) is 11.5 Å². The minimum Gasteiger partial charge on any atom is -0.497 e. The second-order valence-electron chi connectivity index (χ2n) is 10.4. The lowest BCUT2D eigenvalue weighted by atomic mass is 10.00. The molecule has 234 valence electrons. The molecule has 0 aliphatic carbocycles. The topological polar surface area (TPSA) is 93.9 Å². The molecule has 0 radical (unpaired) electrons. The third-order valence-electron chi connectivity index (χ3n) is 6.96. The van der Waals surface area contributed by atoms with Gasteiger partial charge in [-0.15, -0.1) is 18.3 Å². The van der Waals surface area contributed by atoms with Crippen molar-refractivity contribution in [2.75, 3.05) is 24.3 Å². The Labute approximate surface area is 262 Å². The molecule has 0 bridgehead atoms. The molecular formula is C32H31F3N6O3S. The lowest BCUT2D eigenvalue weighted by Crippen LogP contribution is -2.27. The molecule has 1 saturated heterocycles. The van der Waals surface area contributed by atoms with Gasteiger partial charge in [-0.3, -0.25) is 0 Å². The number of anilines is 1. The third-order valence-corrected chi connectivity index (χ3v) is 7.92. The Balaban J connectivity index is 1.23. The van der Waals surface area contributed by atoms with Gasteiger partial charge in [0.25, 0.3) is 0 Å². The molecule has 3 aromatic carbocycles. The normalized spacial score (nSPS) is 14.7. The molecule has 1 fully saturated rings. The van der Waals surface area contributed by atoms with E-state index in [1.165, 1.54) is 47.0 Å². The smallest absolute Gasteiger partial charge is 0.497 e. The fourth-order valence-corrected chi connectivity index (χ4v) is 5.61. The number of hydrogen-bond acceptors (Lipinski definition) is 6. The molecule has 5 rings (SSSR count). The molecule has 1 aliphatic rings. The zero-order chi connectivity index (χ0) is 32.1. The van der Waals surface area contributed by atoms with Crippen LogP contribution < -0.4 is 19.7 Å². The Morgan fingerprint density at radius 1 is 1.07 bits per heavy atom. The van der Waals surface area contributed by atoms with Gasteiger partial charge in [-0.25, -0.2) is 14.5 Å². The molecule has 1 aromatic heterocycles. The fourth-order valence-electron chi connectivity index (χ4n) is 4.66. The number of amidine groups is 1. The first-order chi connectivity index (χ1) is 21.5. The molecule has 1 N–H and O–H groups in total. The van der Waals surface area contributed by atoms with Gasteiger partial charge in [0.05, 0.1) is 12.8 Å². The molecule has 0 atom stereocenters. The van der Waals surface area contributed by atoms with Crippen LogP contribution in [0.1, 0.15) is 37.8 Å². The van der Waals surface area contributed by atoms with E-state index in [0.717, 1.165) is 46.0 Å². The quantitative estimate of drug-likeness (QED) is 0.212. The number of aliphatic imine (C=N–C) groups is 1. The average Bonchev–Trinajstić information content (AvgIpc) is 3.69. The van der Waals surface area contributed by atoms with Gasteiger partial charge in [-0.2, -0.15) is 4.99 Å². The van der Waals surface area contributed by atoms with Gasteiger partial charge >= 0.3 is 12.4 Å². The summed E-state index contributed by atoms with van der Waals surface area (Å²) in [4.78, 5) is 23.5. The lowest BCUT2D eigenvalue weighted by molar-refractivity contribution is -0.274. The Bertz CT molecular complexity index is 1720. The molecule has 13 heteroatoms. The number of hydrogen-bond donors (Lipinski definition) is 1. The summed E-state index contributed by atoms with van der Waals surface area (Å²) in [5, 5.41) is 7.85. The first kappa shape index (κ1) is 31.6. The monoisotopic (exact) mass is 636 g/mol. The van der Waals surface area contributed by atoms with Crippen LogP contribution in [-0.2, 0) is 0 Å². The number of methoxy groups -OCH3 is 1. The number of rotatable bonds is 8. The van der Waals surface area contributed by atoms with E-state index in [1.807, 2.05) is 49.4 Å². The summed E-state index contributed by atoms with van der Waals surface area (Å²) in [5.41, 5.74) is 5.12. The Morgan fingerprint density at radius 3 is 2.44 bits per heavy atom. The number of carbonyl (C=O) groups excluding carboxylic acids is 1. The Hall–Kier alpha value is -4.78. The van der Waals surface area contributed by atoms with Crippen molar-refractivity contribution < 1.29 is 27.4 Å². The van der Waals surface area contributed by atoms with E-state index in [9.17, 15) is 18.0 Å². The van der Waals surface area contributed by atoms with Gasteiger partial charge in [-0.1, -0.05) is 49.9 Å². The second-order valence-corrected chi connectivity index (χ2v) is 11.4.